The predicted molar refractivity (Wildman–Crippen MR) is 155 cm³/mol. The molecule has 3 aromatic heterocycles. The van der Waals surface area contributed by atoms with Crippen LogP contribution in [0, 0.1) is 5.41 Å². The van der Waals surface area contributed by atoms with E-state index in [4.69, 9.17) is 21.1 Å². The molecular formula is C30H28ClN5O4. The Morgan fingerprint density at radius 3 is 2.52 bits per heavy atom. The number of aromatic amines is 1. The van der Waals surface area contributed by atoms with Crippen LogP contribution in [-0.4, -0.2) is 32.7 Å². The average Bonchev–Trinajstić information content (AvgIpc) is 2.95. The smallest absolute Gasteiger partial charge is 0.263 e. The molecule has 1 atom stereocenters. The van der Waals surface area contributed by atoms with Crippen LogP contribution in [0.15, 0.2) is 76.7 Å². The van der Waals surface area contributed by atoms with E-state index in [2.05, 4.69) is 34.1 Å². The Balaban J connectivity index is 1.55. The van der Waals surface area contributed by atoms with Crippen LogP contribution in [0.3, 0.4) is 0 Å². The highest BCUT2D eigenvalue weighted by atomic mass is 35.5. The fourth-order valence-corrected chi connectivity index (χ4v) is 5.53. The molecule has 0 spiro atoms. The molecule has 0 radical (unpaired) electrons. The minimum absolute atomic E-state index is 0.121. The lowest BCUT2D eigenvalue weighted by Crippen LogP contribution is -2.34. The van der Waals surface area contributed by atoms with E-state index in [0.717, 1.165) is 0 Å². The molecule has 1 aliphatic heterocycles. The Hall–Kier alpha value is -4.05. The number of benzene rings is 2. The number of ether oxygens (including phenoxy) is 2. The van der Waals surface area contributed by atoms with E-state index in [1.54, 1.807) is 4.57 Å². The standard InChI is InChI=1S/C30H28ClN5O4/c1-17(35-27-23-21(37)12-13-32-26(23)33-16-34-27)25-24(31)19-10-7-11-20(29-39-14-30(2,3)15-40-29)22(19)28(38)36(25)18-8-5-4-6-9-18/h4-13,16-17,29H,14-15H2,1-3H3,(H2,32,33,34,35,37)/t17-/m0/s1. The summed E-state index contributed by atoms with van der Waals surface area (Å²) >= 11 is 7.15. The first-order chi connectivity index (χ1) is 19.2. The van der Waals surface area contributed by atoms with Gasteiger partial charge in [0.2, 0.25) is 0 Å². The SMILES string of the molecule is C[C@H](Nc1ncnc2[nH]ccc(=O)c12)c1c(Cl)c2cccc(C3OCC(C)(C)CO3)c2c(=O)n1-c1ccccc1. The second kappa shape index (κ2) is 10.2. The number of fused-ring (bicyclic) bond motifs is 2. The molecule has 0 saturated carbocycles. The van der Waals surface area contributed by atoms with Crippen molar-refractivity contribution in [2.24, 2.45) is 5.41 Å². The van der Waals surface area contributed by atoms with Gasteiger partial charge in [-0.25, -0.2) is 9.97 Å². The molecule has 40 heavy (non-hydrogen) atoms. The molecule has 204 valence electrons. The molecule has 1 fully saturated rings. The van der Waals surface area contributed by atoms with Crippen LogP contribution in [-0.2, 0) is 9.47 Å². The van der Waals surface area contributed by atoms with Gasteiger partial charge in [0.1, 0.15) is 23.2 Å². The van der Waals surface area contributed by atoms with Gasteiger partial charge in [-0.1, -0.05) is 61.8 Å². The summed E-state index contributed by atoms with van der Waals surface area (Å²) < 4.78 is 13.7. The maximum Gasteiger partial charge on any atom is 0.263 e. The van der Waals surface area contributed by atoms with Gasteiger partial charge in [-0.2, -0.15) is 0 Å². The fraction of sp³-hybridized carbons (Fsp3) is 0.267. The van der Waals surface area contributed by atoms with Crippen molar-refractivity contribution in [3.63, 3.8) is 0 Å². The number of aromatic nitrogens is 4. The van der Waals surface area contributed by atoms with E-state index in [9.17, 15) is 9.59 Å². The Morgan fingerprint density at radius 2 is 1.77 bits per heavy atom. The van der Waals surface area contributed by atoms with Gasteiger partial charge in [0.15, 0.2) is 11.7 Å². The average molecular weight is 558 g/mol. The van der Waals surface area contributed by atoms with Gasteiger partial charge in [0, 0.05) is 34.3 Å². The quantitative estimate of drug-likeness (QED) is 0.293. The minimum atomic E-state index is -0.690. The topological polar surface area (TPSA) is 111 Å². The fourth-order valence-electron chi connectivity index (χ4n) is 5.13. The Kier molecular flexibility index (Phi) is 6.66. The van der Waals surface area contributed by atoms with Crippen LogP contribution < -0.4 is 16.3 Å². The number of halogens is 1. The zero-order valence-corrected chi connectivity index (χ0v) is 23.0. The van der Waals surface area contributed by atoms with Gasteiger partial charge >= 0.3 is 0 Å². The molecule has 0 bridgehead atoms. The Labute approximate surface area is 234 Å². The summed E-state index contributed by atoms with van der Waals surface area (Å²) in [6.45, 7) is 7.01. The van der Waals surface area contributed by atoms with Crippen molar-refractivity contribution in [2.75, 3.05) is 18.5 Å². The number of hydrogen-bond donors (Lipinski definition) is 2. The highest BCUT2D eigenvalue weighted by Gasteiger charge is 2.32. The number of para-hydroxylation sites is 1. The van der Waals surface area contributed by atoms with Crippen LogP contribution in [0.1, 0.15) is 44.4 Å². The zero-order valence-electron chi connectivity index (χ0n) is 22.3. The van der Waals surface area contributed by atoms with E-state index in [0.29, 0.717) is 62.8 Å². The Morgan fingerprint density at radius 1 is 1.02 bits per heavy atom. The van der Waals surface area contributed by atoms with Crippen molar-refractivity contribution in [2.45, 2.75) is 33.1 Å². The Bertz CT molecular complexity index is 1840. The second-order valence-electron chi connectivity index (χ2n) is 10.7. The summed E-state index contributed by atoms with van der Waals surface area (Å²) in [6.07, 6.45) is 2.22. The molecule has 0 unspecified atom stereocenters. The molecule has 9 nitrogen and oxygen atoms in total. The summed E-state index contributed by atoms with van der Waals surface area (Å²) in [7, 11) is 0. The van der Waals surface area contributed by atoms with Crippen LogP contribution in [0.4, 0.5) is 5.82 Å². The summed E-state index contributed by atoms with van der Waals surface area (Å²) in [5, 5.41) is 5.04. The first-order valence-electron chi connectivity index (χ1n) is 13.0. The van der Waals surface area contributed by atoms with Gasteiger partial charge in [-0.05, 0) is 19.1 Å². The highest BCUT2D eigenvalue weighted by molar-refractivity contribution is 6.36. The summed E-state index contributed by atoms with van der Waals surface area (Å²) in [5.41, 5.74) is 1.60. The molecule has 2 N–H and O–H groups in total. The van der Waals surface area contributed by atoms with E-state index in [1.165, 1.54) is 18.6 Å². The van der Waals surface area contributed by atoms with E-state index < -0.39 is 12.3 Å². The summed E-state index contributed by atoms with van der Waals surface area (Å²) in [5.74, 6) is 0.336. The molecule has 10 heteroatoms. The number of pyridine rings is 2. The van der Waals surface area contributed by atoms with Gasteiger partial charge in [0.25, 0.3) is 5.56 Å². The predicted octanol–water partition coefficient (Wildman–Crippen LogP) is 5.52. The third kappa shape index (κ3) is 4.56. The maximum atomic E-state index is 14.4. The monoisotopic (exact) mass is 557 g/mol. The van der Waals surface area contributed by atoms with Gasteiger partial charge in [-0.15, -0.1) is 0 Å². The molecule has 5 aromatic rings. The van der Waals surface area contributed by atoms with Gasteiger partial charge < -0.3 is 19.8 Å². The van der Waals surface area contributed by atoms with Crippen molar-refractivity contribution in [1.29, 1.82) is 0 Å². The van der Waals surface area contributed by atoms with E-state index in [-0.39, 0.29) is 16.4 Å². The molecule has 2 aromatic carbocycles. The van der Waals surface area contributed by atoms with Crippen molar-refractivity contribution in [3.05, 3.63) is 104 Å². The normalized spacial score (nSPS) is 16.3. The largest absolute Gasteiger partial charge is 0.361 e. The van der Waals surface area contributed by atoms with E-state index in [1.807, 2.05) is 55.5 Å². The second-order valence-corrected chi connectivity index (χ2v) is 11.1. The highest BCUT2D eigenvalue weighted by Crippen LogP contribution is 2.38. The maximum absolute atomic E-state index is 14.4. The van der Waals surface area contributed by atoms with Crippen LogP contribution in [0.25, 0.3) is 27.5 Å². The first kappa shape index (κ1) is 26.2. The number of H-pyrrole nitrogens is 1. The molecule has 6 rings (SSSR count). The molecule has 1 saturated heterocycles. The van der Waals surface area contributed by atoms with Crippen molar-refractivity contribution < 1.29 is 9.47 Å². The minimum Gasteiger partial charge on any atom is -0.361 e. The van der Waals surface area contributed by atoms with Crippen LogP contribution >= 0.6 is 11.6 Å². The molecular weight excluding hydrogens is 530 g/mol. The van der Waals surface area contributed by atoms with Crippen molar-refractivity contribution in [3.8, 4) is 5.69 Å². The lowest BCUT2D eigenvalue weighted by Gasteiger charge is -2.35. The van der Waals surface area contributed by atoms with Crippen LogP contribution in [0.5, 0.6) is 0 Å². The summed E-state index contributed by atoms with van der Waals surface area (Å²) in [6, 6.07) is 15.7. The lowest BCUT2D eigenvalue weighted by molar-refractivity contribution is -0.225. The molecule has 0 aliphatic carbocycles. The third-order valence-corrected chi connectivity index (χ3v) is 7.44. The van der Waals surface area contributed by atoms with Crippen molar-refractivity contribution in [1.82, 2.24) is 19.5 Å². The van der Waals surface area contributed by atoms with Crippen molar-refractivity contribution >= 4 is 39.2 Å². The third-order valence-electron chi connectivity index (χ3n) is 7.05. The molecule has 1 aliphatic rings. The number of nitrogens with one attached hydrogen (secondary N) is 2. The summed E-state index contributed by atoms with van der Waals surface area (Å²) in [4.78, 5) is 38.6. The molecule has 4 heterocycles. The first-order valence-corrected chi connectivity index (χ1v) is 13.4. The number of nitrogens with zero attached hydrogens (tertiary/aromatic N) is 3. The zero-order chi connectivity index (χ0) is 28.0. The number of anilines is 1. The lowest BCUT2D eigenvalue weighted by atomic mass is 9.95. The molecule has 0 amide bonds. The van der Waals surface area contributed by atoms with E-state index >= 15 is 0 Å². The number of rotatable bonds is 5. The number of hydrogen-bond acceptors (Lipinski definition) is 7. The van der Waals surface area contributed by atoms with Gasteiger partial charge in [0.05, 0.1) is 35.4 Å². The van der Waals surface area contributed by atoms with Crippen LogP contribution in [0.2, 0.25) is 5.02 Å². The van der Waals surface area contributed by atoms with Gasteiger partial charge in [-0.3, -0.25) is 14.2 Å².